The maximum atomic E-state index is 12.3. The predicted molar refractivity (Wildman–Crippen MR) is 88.0 cm³/mol. The van der Waals surface area contributed by atoms with Crippen molar-refractivity contribution in [1.82, 2.24) is 4.98 Å². The van der Waals surface area contributed by atoms with Gasteiger partial charge < -0.3 is 10.2 Å². The van der Waals surface area contributed by atoms with Crippen molar-refractivity contribution < 1.29 is 9.59 Å². The van der Waals surface area contributed by atoms with Crippen molar-refractivity contribution in [2.45, 2.75) is 6.92 Å². The zero-order chi connectivity index (χ0) is 16.3. The molecule has 2 rings (SSSR count). The van der Waals surface area contributed by atoms with Crippen LogP contribution in [0.2, 0.25) is 5.02 Å². The highest BCUT2D eigenvalue weighted by Gasteiger charge is 2.12. The van der Waals surface area contributed by atoms with Crippen molar-refractivity contribution in [3.63, 3.8) is 0 Å². The number of hydrogen-bond acceptors (Lipinski definition) is 4. The van der Waals surface area contributed by atoms with E-state index in [0.717, 1.165) is 5.69 Å². The first-order valence-electron chi connectivity index (χ1n) is 6.63. The van der Waals surface area contributed by atoms with E-state index in [1.165, 1.54) is 6.92 Å². The predicted octanol–water partition coefficient (Wildman–Crippen LogP) is 3.26. The summed E-state index contributed by atoms with van der Waals surface area (Å²) in [5.41, 5.74) is 2.00. The Kier molecular flexibility index (Phi) is 4.78. The second-order valence-corrected chi connectivity index (χ2v) is 5.41. The van der Waals surface area contributed by atoms with Crippen LogP contribution in [0, 0.1) is 0 Å². The fraction of sp³-hybridized carbons (Fsp3) is 0.188. The number of benzene rings is 1. The van der Waals surface area contributed by atoms with Crippen LogP contribution in [0.5, 0.6) is 0 Å². The number of Topliss-reactive ketones (excluding diaryl/α,β-unsaturated/α-hetero) is 1. The molecule has 0 fully saturated rings. The number of pyridine rings is 1. The summed E-state index contributed by atoms with van der Waals surface area (Å²) in [5.74, 6) is -0.480. The van der Waals surface area contributed by atoms with E-state index in [4.69, 9.17) is 11.6 Å². The van der Waals surface area contributed by atoms with Crippen LogP contribution in [0.25, 0.3) is 0 Å². The number of rotatable bonds is 4. The van der Waals surface area contributed by atoms with Gasteiger partial charge in [0.15, 0.2) is 5.78 Å². The van der Waals surface area contributed by atoms with E-state index in [2.05, 4.69) is 10.3 Å². The van der Waals surface area contributed by atoms with Gasteiger partial charge in [-0.3, -0.25) is 14.6 Å². The number of anilines is 2. The summed E-state index contributed by atoms with van der Waals surface area (Å²) < 4.78 is 0. The van der Waals surface area contributed by atoms with E-state index >= 15 is 0 Å². The van der Waals surface area contributed by atoms with Gasteiger partial charge in [-0.1, -0.05) is 11.6 Å². The summed E-state index contributed by atoms with van der Waals surface area (Å²) in [7, 11) is 3.76. The van der Waals surface area contributed by atoms with Gasteiger partial charge in [-0.2, -0.15) is 0 Å². The molecule has 1 aromatic carbocycles. The second-order valence-electron chi connectivity index (χ2n) is 5.00. The molecular weight excluding hydrogens is 302 g/mol. The third-order valence-electron chi connectivity index (χ3n) is 3.11. The minimum Gasteiger partial charge on any atom is -0.378 e. The second kappa shape index (κ2) is 6.58. The zero-order valence-corrected chi connectivity index (χ0v) is 13.3. The van der Waals surface area contributed by atoms with Crippen LogP contribution < -0.4 is 10.2 Å². The van der Waals surface area contributed by atoms with Crippen molar-refractivity contribution in [2.24, 2.45) is 0 Å². The van der Waals surface area contributed by atoms with Crippen LogP contribution in [-0.2, 0) is 0 Å². The Hall–Kier alpha value is -2.40. The lowest BCUT2D eigenvalue weighted by molar-refractivity contribution is 0.100. The number of nitrogens with one attached hydrogen (secondary N) is 1. The van der Waals surface area contributed by atoms with Crippen LogP contribution in [-0.4, -0.2) is 30.8 Å². The molecule has 0 unspecified atom stereocenters. The highest BCUT2D eigenvalue weighted by atomic mass is 35.5. The van der Waals surface area contributed by atoms with E-state index in [1.807, 2.05) is 19.0 Å². The summed E-state index contributed by atoms with van der Waals surface area (Å²) in [5, 5.41) is 3.05. The first-order valence-corrected chi connectivity index (χ1v) is 7.01. The number of amides is 1. The van der Waals surface area contributed by atoms with Gasteiger partial charge in [-0.05, 0) is 37.3 Å². The first-order chi connectivity index (χ1) is 10.4. The van der Waals surface area contributed by atoms with Crippen LogP contribution in [0.4, 0.5) is 11.4 Å². The molecule has 1 aromatic heterocycles. The summed E-state index contributed by atoms with van der Waals surface area (Å²) in [6.45, 7) is 1.46. The Labute approximate surface area is 133 Å². The van der Waals surface area contributed by atoms with Crippen molar-refractivity contribution in [2.75, 3.05) is 24.3 Å². The quantitative estimate of drug-likeness (QED) is 0.879. The monoisotopic (exact) mass is 317 g/mol. The van der Waals surface area contributed by atoms with Crippen LogP contribution in [0.1, 0.15) is 27.8 Å². The third kappa shape index (κ3) is 3.62. The molecule has 0 aliphatic rings. The fourth-order valence-corrected chi connectivity index (χ4v) is 2.01. The van der Waals surface area contributed by atoms with Gasteiger partial charge >= 0.3 is 0 Å². The van der Waals surface area contributed by atoms with Gasteiger partial charge in [0.05, 0.1) is 10.7 Å². The maximum absolute atomic E-state index is 12.3. The summed E-state index contributed by atoms with van der Waals surface area (Å²) in [6, 6.07) is 8.24. The number of ketones is 1. The Morgan fingerprint density at radius 2 is 1.91 bits per heavy atom. The standard InChI is InChI=1S/C16H16ClN3O2/c1-10(21)11-4-5-13(17)14(8-11)19-16(22)15-9-12(20(2)3)6-7-18-15/h4-9H,1-3H3,(H,19,22). The van der Waals surface area contributed by atoms with Gasteiger partial charge in [-0.15, -0.1) is 0 Å². The van der Waals surface area contributed by atoms with Crippen molar-refractivity contribution >= 4 is 34.7 Å². The molecule has 5 nitrogen and oxygen atoms in total. The minimum absolute atomic E-state index is 0.0973. The molecule has 1 amide bonds. The molecule has 114 valence electrons. The van der Waals surface area contributed by atoms with E-state index < -0.39 is 0 Å². The van der Waals surface area contributed by atoms with Gasteiger partial charge in [0.1, 0.15) is 5.69 Å². The van der Waals surface area contributed by atoms with Gasteiger partial charge in [-0.25, -0.2) is 0 Å². The molecule has 6 heteroatoms. The highest BCUT2D eigenvalue weighted by molar-refractivity contribution is 6.34. The van der Waals surface area contributed by atoms with Gasteiger partial charge in [0, 0.05) is 31.5 Å². The van der Waals surface area contributed by atoms with E-state index in [-0.39, 0.29) is 17.4 Å². The molecule has 22 heavy (non-hydrogen) atoms. The van der Waals surface area contributed by atoms with Crippen molar-refractivity contribution in [3.8, 4) is 0 Å². The van der Waals surface area contributed by atoms with E-state index in [1.54, 1.807) is 36.5 Å². The lowest BCUT2D eigenvalue weighted by atomic mass is 10.1. The molecule has 1 heterocycles. The van der Waals surface area contributed by atoms with E-state index in [0.29, 0.717) is 16.3 Å². The Balaban J connectivity index is 2.27. The van der Waals surface area contributed by atoms with Crippen LogP contribution in [0.15, 0.2) is 36.5 Å². The van der Waals surface area contributed by atoms with Crippen LogP contribution in [0.3, 0.4) is 0 Å². The van der Waals surface area contributed by atoms with Crippen LogP contribution >= 0.6 is 11.6 Å². The molecular formula is C16H16ClN3O2. The molecule has 0 radical (unpaired) electrons. The lowest BCUT2D eigenvalue weighted by Crippen LogP contribution is -2.16. The largest absolute Gasteiger partial charge is 0.378 e. The fourth-order valence-electron chi connectivity index (χ4n) is 1.85. The number of nitrogens with zero attached hydrogens (tertiary/aromatic N) is 2. The number of carbonyl (C=O) groups is 2. The molecule has 0 aliphatic heterocycles. The van der Waals surface area contributed by atoms with Crippen molar-refractivity contribution in [3.05, 3.63) is 52.8 Å². The first kappa shape index (κ1) is 16.0. The normalized spacial score (nSPS) is 10.2. The van der Waals surface area contributed by atoms with E-state index in [9.17, 15) is 9.59 Å². The molecule has 0 atom stereocenters. The molecule has 0 aliphatic carbocycles. The average Bonchev–Trinajstić information content (AvgIpc) is 2.49. The highest BCUT2D eigenvalue weighted by Crippen LogP contribution is 2.24. The maximum Gasteiger partial charge on any atom is 0.274 e. The Bertz CT molecular complexity index is 729. The number of hydrogen-bond donors (Lipinski definition) is 1. The minimum atomic E-state index is -0.383. The Morgan fingerprint density at radius 3 is 2.55 bits per heavy atom. The molecule has 0 bridgehead atoms. The molecule has 1 N–H and O–H groups in total. The van der Waals surface area contributed by atoms with Crippen molar-refractivity contribution in [1.29, 1.82) is 0 Å². The van der Waals surface area contributed by atoms with Gasteiger partial charge in [0.25, 0.3) is 5.91 Å². The van der Waals surface area contributed by atoms with Gasteiger partial charge in [0.2, 0.25) is 0 Å². The SMILES string of the molecule is CC(=O)c1ccc(Cl)c(NC(=O)c2cc(N(C)C)ccn2)c1. The number of halogens is 1. The molecule has 0 saturated carbocycles. The average molecular weight is 318 g/mol. The molecule has 2 aromatic rings. The molecule has 0 saturated heterocycles. The zero-order valence-electron chi connectivity index (χ0n) is 12.6. The molecule has 0 spiro atoms. The summed E-state index contributed by atoms with van der Waals surface area (Å²) in [6.07, 6.45) is 1.57. The summed E-state index contributed by atoms with van der Waals surface area (Å²) in [4.78, 5) is 29.6. The Morgan fingerprint density at radius 1 is 1.18 bits per heavy atom. The smallest absolute Gasteiger partial charge is 0.274 e. The lowest BCUT2D eigenvalue weighted by Gasteiger charge is -2.13. The third-order valence-corrected chi connectivity index (χ3v) is 3.44. The topological polar surface area (TPSA) is 62.3 Å². The number of carbonyl (C=O) groups excluding carboxylic acids is 2. The summed E-state index contributed by atoms with van der Waals surface area (Å²) >= 11 is 6.06. The number of aromatic nitrogens is 1.